The van der Waals surface area contributed by atoms with E-state index in [-0.39, 0.29) is 10.8 Å². The third-order valence-electron chi connectivity index (χ3n) is 4.44. The molecule has 1 amide bonds. The molecule has 23 heavy (non-hydrogen) atoms. The van der Waals surface area contributed by atoms with Crippen molar-refractivity contribution in [3.63, 3.8) is 0 Å². The summed E-state index contributed by atoms with van der Waals surface area (Å²) in [7, 11) is -1.34. The van der Waals surface area contributed by atoms with E-state index in [0.717, 1.165) is 32.5 Å². The third-order valence-corrected chi connectivity index (χ3v) is 6.62. The van der Waals surface area contributed by atoms with Gasteiger partial charge in [0, 0.05) is 18.7 Å². The molecule has 1 aromatic carbocycles. The van der Waals surface area contributed by atoms with Gasteiger partial charge in [-0.2, -0.15) is 0 Å². The average Bonchev–Trinajstić information content (AvgIpc) is 2.55. The summed E-state index contributed by atoms with van der Waals surface area (Å²) in [6, 6.07) is 6.32. The van der Waals surface area contributed by atoms with Gasteiger partial charge in [-0.05, 0) is 70.5 Å². The number of nitrogens with one attached hydrogen (secondary N) is 1. The molecule has 1 aliphatic rings. The molecule has 6 heteroatoms. The van der Waals surface area contributed by atoms with E-state index in [1.165, 1.54) is 12.1 Å². The monoisotopic (exact) mass is 338 g/mol. The SMILES string of the molecule is CNCC1CCN(C(=O)c2ccc(S(=O)(=O)C(C)C)cc2)CC1. The Hall–Kier alpha value is -1.40. The van der Waals surface area contributed by atoms with E-state index in [9.17, 15) is 13.2 Å². The van der Waals surface area contributed by atoms with E-state index >= 15 is 0 Å². The van der Waals surface area contributed by atoms with Crippen LogP contribution in [0.1, 0.15) is 37.0 Å². The van der Waals surface area contributed by atoms with Crippen molar-refractivity contribution in [1.29, 1.82) is 0 Å². The van der Waals surface area contributed by atoms with Crippen LogP contribution in [0.3, 0.4) is 0 Å². The molecule has 0 aliphatic carbocycles. The number of hydrogen-bond donors (Lipinski definition) is 1. The van der Waals surface area contributed by atoms with Gasteiger partial charge in [-0.15, -0.1) is 0 Å². The number of carbonyl (C=O) groups excluding carboxylic acids is 1. The van der Waals surface area contributed by atoms with E-state index in [0.29, 0.717) is 11.5 Å². The molecule has 1 saturated heterocycles. The molecule has 1 N–H and O–H groups in total. The van der Waals surface area contributed by atoms with Gasteiger partial charge < -0.3 is 10.2 Å². The van der Waals surface area contributed by atoms with Gasteiger partial charge >= 0.3 is 0 Å². The Kier molecular flexibility index (Phi) is 5.81. The van der Waals surface area contributed by atoms with Crippen LogP contribution in [0.5, 0.6) is 0 Å². The fourth-order valence-electron chi connectivity index (χ4n) is 2.87. The molecular weight excluding hydrogens is 312 g/mol. The summed E-state index contributed by atoms with van der Waals surface area (Å²) in [6.45, 7) is 5.83. The van der Waals surface area contributed by atoms with Crippen molar-refractivity contribution in [3.05, 3.63) is 29.8 Å². The zero-order valence-corrected chi connectivity index (χ0v) is 14.9. The highest BCUT2D eigenvalue weighted by Gasteiger charge is 2.24. The first kappa shape index (κ1) is 17.9. The number of likely N-dealkylation sites (tertiary alicyclic amines) is 1. The Morgan fingerprint density at radius 2 is 1.78 bits per heavy atom. The van der Waals surface area contributed by atoms with E-state index in [4.69, 9.17) is 0 Å². The molecule has 1 heterocycles. The first-order valence-electron chi connectivity index (χ1n) is 8.14. The third kappa shape index (κ3) is 4.12. The Labute approximate surface area is 139 Å². The molecule has 5 nitrogen and oxygen atoms in total. The highest BCUT2D eigenvalue weighted by Crippen LogP contribution is 2.20. The molecule has 0 unspecified atom stereocenters. The highest BCUT2D eigenvalue weighted by atomic mass is 32.2. The summed E-state index contributed by atoms with van der Waals surface area (Å²) >= 11 is 0. The lowest BCUT2D eigenvalue weighted by Gasteiger charge is -2.32. The Morgan fingerprint density at radius 1 is 1.22 bits per heavy atom. The summed E-state index contributed by atoms with van der Waals surface area (Å²) < 4.78 is 24.2. The number of piperidine rings is 1. The maximum absolute atomic E-state index is 12.5. The van der Waals surface area contributed by atoms with Crippen LogP contribution < -0.4 is 5.32 Å². The summed E-state index contributed by atoms with van der Waals surface area (Å²) in [5.74, 6) is 0.615. The van der Waals surface area contributed by atoms with Crippen molar-refractivity contribution in [3.8, 4) is 0 Å². The van der Waals surface area contributed by atoms with Crippen LogP contribution in [-0.2, 0) is 9.84 Å². The van der Waals surface area contributed by atoms with Gasteiger partial charge in [-0.1, -0.05) is 0 Å². The molecule has 0 bridgehead atoms. The molecule has 1 aromatic rings. The number of nitrogens with zero attached hydrogens (tertiary/aromatic N) is 1. The molecule has 1 fully saturated rings. The van der Waals surface area contributed by atoms with Gasteiger partial charge in [0.1, 0.15) is 0 Å². The van der Waals surface area contributed by atoms with Crippen molar-refractivity contribution in [2.24, 2.45) is 5.92 Å². The number of benzene rings is 1. The number of amides is 1. The highest BCUT2D eigenvalue weighted by molar-refractivity contribution is 7.92. The fourth-order valence-corrected chi connectivity index (χ4v) is 3.93. The van der Waals surface area contributed by atoms with Crippen LogP contribution in [0.4, 0.5) is 0 Å². The van der Waals surface area contributed by atoms with Gasteiger partial charge in [-0.25, -0.2) is 8.42 Å². The van der Waals surface area contributed by atoms with E-state index in [2.05, 4.69) is 5.32 Å². The Bertz CT molecular complexity index is 630. The van der Waals surface area contributed by atoms with Crippen molar-refractivity contribution in [1.82, 2.24) is 10.2 Å². The van der Waals surface area contributed by atoms with Crippen molar-refractivity contribution in [2.45, 2.75) is 36.8 Å². The lowest BCUT2D eigenvalue weighted by Crippen LogP contribution is -2.40. The summed E-state index contributed by atoms with van der Waals surface area (Å²) in [6.07, 6.45) is 2.01. The van der Waals surface area contributed by atoms with Crippen LogP contribution in [0, 0.1) is 5.92 Å². The average molecular weight is 338 g/mol. The van der Waals surface area contributed by atoms with Gasteiger partial charge in [0.05, 0.1) is 10.1 Å². The molecular formula is C17H26N2O3S. The van der Waals surface area contributed by atoms with Crippen LogP contribution in [0.2, 0.25) is 0 Å². The quantitative estimate of drug-likeness (QED) is 0.891. The molecule has 128 valence electrons. The number of hydrogen-bond acceptors (Lipinski definition) is 4. The van der Waals surface area contributed by atoms with E-state index in [1.807, 2.05) is 11.9 Å². The Balaban J connectivity index is 2.04. The van der Waals surface area contributed by atoms with Crippen LogP contribution in [0.25, 0.3) is 0 Å². The van der Waals surface area contributed by atoms with Crippen LogP contribution >= 0.6 is 0 Å². The largest absolute Gasteiger partial charge is 0.339 e. The molecule has 0 spiro atoms. The number of carbonyl (C=O) groups is 1. The molecule has 1 aliphatic heterocycles. The van der Waals surface area contributed by atoms with Gasteiger partial charge in [-0.3, -0.25) is 4.79 Å². The minimum Gasteiger partial charge on any atom is -0.339 e. The van der Waals surface area contributed by atoms with Crippen LogP contribution in [-0.4, -0.2) is 51.2 Å². The normalized spacial score (nSPS) is 16.8. The van der Waals surface area contributed by atoms with E-state index in [1.54, 1.807) is 26.0 Å². The predicted molar refractivity (Wildman–Crippen MR) is 91.3 cm³/mol. The van der Waals surface area contributed by atoms with Crippen molar-refractivity contribution in [2.75, 3.05) is 26.7 Å². The second-order valence-electron chi connectivity index (χ2n) is 6.41. The zero-order valence-electron chi connectivity index (χ0n) is 14.1. The lowest BCUT2D eigenvalue weighted by molar-refractivity contribution is 0.0691. The molecule has 2 rings (SSSR count). The first-order valence-corrected chi connectivity index (χ1v) is 9.68. The van der Waals surface area contributed by atoms with E-state index < -0.39 is 15.1 Å². The number of sulfone groups is 1. The molecule has 0 atom stereocenters. The minimum absolute atomic E-state index is 0.0126. The van der Waals surface area contributed by atoms with Gasteiger partial charge in [0.15, 0.2) is 9.84 Å². The smallest absolute Gasteiger partial charge is 0.253 e. The summed E-state index contributed by atoms with van der Waals surface area (Å²) in [4.78, 5) is 14.7. The first-order chi connectivity index (χ1) is 10.9. The maximum atomic E-state index is 12.5. The zero-order chi connectivity index (χ0) is 17.0. The van der Waals surface area contributed by atoms with Crippen molar-refractivity contribution < 1.29 is 13.2 Å². The summed E-state index contributed by atoms with van der Waals surface area (Å²) in [5, 5.41) is 2.72. The standard InChI is InChI=1S/C17H26N2O3S/c1-13(2)23(21,22)16-6-4-15(5-7-16)17(20)19-10-8-14(9-11-19)12-18-3/h4-7,13-14,18H,8-12H2,1-3H3. The molecule has 0 radical (unpaired) electrons. The minimum atomic E-state index is -3.29. The topological polar surface area (TPSA) is 66.5 Å². The Morgan fingerprint density at radius 3 is 2.26 bits per heavy atom. The molecule has 0 aromatic heterocycles. The maximum Gasteiger partial charge on any atom is 0.253 e. The predicted octanol–water partition coefficient (Wildman–Crippen LogP) is 1.94. The van der Waals surface area contributed by atoms with Gasteiger partial charge in [0.2, 0.25) is 0 Å². The van der Waals surface area contributed by atoms with Crippen LogP contribution in [0.15, 0.2) is 29.2 Å². The summed E-state index contributed by atoms with van der Waals surface area (Å²) in [5.41, 5.74) is 0.555. The molecule has 0 saturated carbocycles. The fraction of sp³-hybridized carbons (Fsp3) is 0.588. The van der Waals surface area contributed by atoms with Gasteiger partial charge in [0.25, 0.3) is 5.91 Å². The number of rotatable bonds is 5. The lowest BCUT2D eigenvalue weighted by atomic mass is 9.96. The second kappa shape index (κ2) is 7.45. The second-order valence-corrected chi connectivity index (χ2v) is 8.92. The van der Waals surface area contributed by atoms with Crippen molar-refractivity contribution >= 4 is 15.7 Å².